The molecule has 0 aliphatic heterocycles. The van der Waals surface area contributed by atoms with E-state index in [1.165, 1.54) is 16.7 Å². The minimum Gasteiger partial charge on any atom is -0.496 e. The predicted molar refractivity (Wildman–Crippen MR) is 87.6 cm³/mol. The van der Waals surface area contributed by atoms with Gasteiger partial charge < -0.3 is 4.74 Å². The fourth-order valence-corrected chi connectivity index (χ4v) is 2.85. The van der Waals surface area contributed by atoms with Gasteiger partial charge in [0.05, 0.1) is 13.2 Å². The number of benzene rings is 2. The Bertz CT molecular complexity index is 630. The molecule has 0 spiro atoms. The van der Waals surface area contributed by atoms with E-state index in [2.05, 4.69) is 63.5 Å². The molecule has 0 saturated carbocycles. The number of hydrogen-bond donors (Lipinski definition) is 2. The van der Waals surface area contributed by atoms with Crippen molar-refractivity contribution in [1.29, 1.82) is 0 Å². The van der Waals surface area contributed by atoms with Crippen LogP contribution in [0.4, 0.5) is 0 Å². The highest BCUT2D eigenvalue weighted by Gasteiger charge is 2.19. The zero-order valence-electron chi connectivity index (χ0n) is 13.4. The maximum Gasteiger partial charge on any atom is 0.127 e. The predicted octanol–water partition coefficient (Wildman–Crippen LogP) is 3.48. The summed E-state index contributed by atoms with van der Waals surface area (Å²) in [5, 5.41) is 0. The number of hydrazine groups is 1. The highest BCUT2D eigenvalue weighted by atomic mass is 16.5. The molecule has 0 aliphatic rings. The van der Waals surface area contributed by atoms with Crippen LogP contribution in [0.3, 0.4) is 0 Å². The van der Waals surface area contributed by atoms with E-state index >= 15 is 0 Å². The maximum atomic E-state index is 5.84. The second-order valence-electron chi connectivity index (χ2n) is 5.65. The van der Waals surface area contributed by atoms with Gasteiger partial charge in [-0.15, -0.1) is 0 Å². The molecule has 3 N–H and O–H groups in total. The van der Waals surface area contributed by atoms with E-state index in [4.69, 9.17) is 10.6 Å². The molecule has 1 atom stereocenters. The third kappa shape index (κ3) is 3.09. The lowest BCUT2D eigenvalue weighted by Crippen LogP contribution is -2.29. The summed E-state index contributed by atoms with van der Waals surface area (Å²) in [6.07, 6.45) is 0. The van der Waals surface area contributed by atoms with Gasteiger partial charge in [0.25, 0.3) is 0 Å². The monoisotopic (exact) mass is 284 g/mol. The van der Waals surface area contributed by atoms with Crippen molar-refractivity contribution in [3.63, 3.8) is 0 Å². The average molecular weight is 284 g/mol. The minimum atomic E-state index is -0.0853. The largest absolute Gasteiger partial charge is 0.496 e. The molecule has 112 valence electrons. The topological polar surface area (TPSA) is 47.3 Å². The Labute approximate surface area is 127 Å². The van der Waals surface area contributed by atoms with Gasteiger partial charge in [-0.25, -0.2) is 5.43 Å². The summed E-state index contributed by atoms with van der Waals surface area (Å²) in [5.74, 6) is 6.74. The molecule has 1 unspecified atom stereocenters. The Morgan fingerprint density at radius 1 is 1.00 bits per heavy atom. The summed E-state index contributed by atoms with van der Waals surface area (Å²) in [5.41, 5.74) is 9.97. The van der Waals surface area contributed by atoms with Crippen molar-refractivity contribution in [2.24, 2.45) is 5.84 Å². The second kappa shape index (κ2) is 6.29. The molecule has 0 amide bonds. The number of rotatable bonds is 4. The molecule has 3 nitrogen and oxygen atoms in total. The standard InChI is InChI=1S/C18H24N2O/c1-11-8-12(2)10-15(9-11)17(20-19)16-7-6-13(3)14(4)18(16)21-5/h6-10,17,20H,19H2,1-5H3. The molecule has 2 aromatic carbocycles. The van der Waals surface area contributed by atoms with E-state index in [-0.39, 0.29) is 6.04 Å². The molecule has 0 bridgehead atoms. The molecule has 0 fully saturated rings. The number of aryl methyl sites for hydroxylation is 3. The second-order valence-corrected chi connectivity index (χ2v) is 5.65. The Morgan fingerprint density at radius 2 is 1.62 bits per heavy atom. The van der Waals surface area contributed by atoms with E-state index < -0.39 is 0 Å². The summed E-state index contributed by atoms with van der Waals surface area (Å²) in [6.45, 7) is 8.36. The lowest BCUT2D eigenvalue weighted by Gasteiger charge is -2.22. The van der Waals surface area contributed by atoms with Crippen LogP contribution in [0, 0.1) is 27.7 Å². The third-order valence-corrected chi connectivity index (χ3v) is 3.97. The molecule has 0 saturated heterocycles. The first-order valence-corrected chi connectivity index (χ1v) is 7.16. The number of nitrogens with one attached hydrogen (secondary N) is 1. The first-order chi connectivity index (χ1) is 9.97. The zero-order chi connectivity index (χ0) is 15.6. The van der Waals surface area contributed by atoms with Gasteiger partial charge in [-0.2, -0.15) is 0 Å². The van der Waals surface area contributed by atoms with Crippen molar-refractivity contribution in [2.75, 3.05) is 7.11 Å². The molecule has 2 aromatic rings. The van der Waals surface area contributed by atoms with E-state index in [0.29, 0.717) is 0 Å². The Morgan fingerprint density at radius 3 is 2.14 bits per heavy atom. The zero-order valence-corrected chi connectivity index (χ0v) is 13.4. The van der Waals surface area contributed by atoms with Gasteiger partial charge >= 0.3 is 0 Å². The summed E-state index contributed by atoms with van der Waals surface area (Å²) in [7, 11) is 1.71. The first kappa shape index (κ1) is 15.5. The summed E-state index contributed by atoms with van der Waals surface area (Å²) in [4.78, 5) is 0. The number of hydrogen-bond acceptors (Lipinski definition) is 3. The van der Waals surface area contributed by atoms with Crippen LogP contribution in [0.15, 0.2) is 30.3 Å². The maximum absolute atomic E-state index is 5.84. The Kier molecular flexibility index (Phi) is 4.66. The molecule has 21 heavy (non-hydrogen) atoms. The van der Waals surface area contributed by atoms with E-state index in [9.17, 15) is 0 Å². The fourth-order valence-electron chi connectivity index (χ4n) is 2.85. The van der Waals surface area contributed by atoms with Crippen LogP contribution in [0.1, 0.15) is 39.4 Å². The van der Waals surface area contributed by atoms with E-state index in [1.54, 1.807) is 7.11 Å². The van der Waals surface area contributed by atoms with Gasteiger partial charge in [-0.1, -0.05) is 41.5 Å². The summed E-state index contributed by atoms with van der Waals surface area (Å²) in [6, 6.07) is 10.6. The van der Waals surface area contributed by atoms with Gasteiger partial charge in [-0.05, 0) is 44.4 Å². The smallest absolute Gasteiger partial charge is 0.127 e. The average Bonchev–Trinajstić information content (AvgIpc) is 2.43. The molecule has 2 rings (SSSR count). The lowest BCUT2D eigenvalue weighted by molar-refractivity contribution is 0.400. The van der Waals surface area contributed by atoms with Gasteiger partial charge in [0.15, 0.2) is 0 Å². The van der Waals surface area contributed by atoms with Crippen molar-refractivity contribution in [2.45, 2.75) is 33.7 Å². The summed E-state index contributed by atoms with van der Waals surface area (Å²) < 4.78 is 5.63. The van der Waals surface area contributed by atoms with Crippen LogP contribution in [-0.4, -0.2) is 7.11 Å². The van der Waals surface area contributed by atoms with Gasteiger partial charge in [0.1, 0.15) is 5.75 Å². The highest BCUT2D eigenvalue weighted by molar-refractivity contribution is 5.50. The number of nitrogens with two attached hydrogens (primary N) is 1. The van der Waals surface area contributed by atoms with Crippen LogP contribution < -0.4 is 16.0 Å². The van der Waals surface area contributed by atoms with Crippen molar-refractivity contribution >= 4 is 0 Å². The van der Waals surface area contributed by atoms with Crippen LogP contribution in [0.5, 0.6) is 5.75 Å². The Balaban J connectivity index is 2.59. The third-order valence-electron chi connectivity index (χ3n) is 3.97. The van der Waals surface area contributed by atoms with Gasteiger partial charge in [0.2, 0.25) is 0 Å². The quantitative estimate of drug-likeness (QED) is 0.667. The van der Waals surface area contributed by atoms with Crippen molar-refractivity contribution < 1.29 is 4.74 Å². The molecular weight excluding hydrogens is 260 g/mol. The van der Waals surface area contributed by atoms with Gasteiger partial charge in [-0.3, -0.25) is 5.84 Å². The fraction of sp³-hybridized carbons (Fsp3) is 0.333. The van der Waals surface area contributed by atoms with Crippen LogP contribution in [0.25, 0.3) is 0 Å². The first-order valence-electron chi connectivity index (χ1n) is 7.16. The molecule has 3 heteroatoms. The number of methoxy groups -OCH3 is 1. The SMILES string of the molecule is COc1c(C(NN)c2cc(C)cc(C)c2)ccc(C)c1C. The normalized spacial score (nSPS) is 12.3. The van der Waals surface area contributed by atoms with Crippen LogP contribution in [-0.2, 0) is 0 Å². The Hall–Kier alpha value is -1.84. The molecule has 0 aromatic heterocycles. The lowest BCUT2D eigenvalue weighted by atomic mass is 9.93. The number of ether oxygens (including phenoxy) is 1. The minimum absolute atomic E-state index is 0.0853. The molecule has 0 aliphatic carbocycles. The molecule has 0 radical (unpaired) electrons. The van der Waals surface area contributed by atoms with Crippen LogP contribution >= 0.6 is 0 Å². The van der Waals surface area contributed by atoms with Crippen molar-refractivity contribution in [3.05, 3.63) is 63.7 Å². The van der Waals surface area contributed by atoms with E-state index in [1.807, 2.05) is 0 Å². The van der Waals surface area contributed by atoms with Gasteiger partial charge in [0, 0.05) is 5.56 Å². The van der Waals surface area contributed by atoms with Crippen molar-refractivity contribution in [1.82, 2.24) is 5.43 Å². The highest BCUT2D eigenvalue weighted by Crippen LogP contribution is 2.34. The van der Waals surface area contributed by atoms with E-state index in [0.717, 1.165) is 22.4 Å². The van der Waals surface area contributed by atoms with Crippen LogP contribution in [0.2, 0.25) is 0 Å². The molecular formula is C18H24N2O. The van der Waals surface area contributed by atoms with Crippen molar-refractivity contribution in [3.8, 4) is 5.75 Å². The molecule has 0 heterocycles. The summed E-state index contributed by atoms with van der Waals surface area (Å²) >= 11 is 0.